The fourth-order valence-electron chi connectivity index (χ4n) is 3.44. The summed E-state index contributed by atoms with van der Waals surface area (Å²) >= 11 is 0. The summed E-state index contributed by atoms with van der Waals surface area (Å²) in [4.78, 5) is 24.1. The average molecular weight is 401 g/mol. The molecule has 4 heterocycles. The van der Waals surface area contributed by atoms with Gasteiger partial charge in [-0.3, -0.25) is 9.97 Å². The second-order valence-corrected chi connectivity index (χ2v) is 6.83. The van der Waals surface area contributed by atoms with E-state index < -0.39 is 11.0 Å². The van der Waals surface area contributed by atoms with E-state index in [4.69, 9.17) is 0 Å². The first-order valence-corrected chi connectivity index (χ1v) is 9.39. The Hall–Kier alpha value is -4.01. The third-order valence-electron chi connectivity index (χ3n) is 4.81. The molecule has 0 radical (unpaired) electrons. The minimum absolute atomic E-state index is 0.136. The standard InChI is InChI=1S/C21H19N7O2/c1-13-19(14(2)27-26-13)15-11-18(21(24-12-15)28(29)30)25-20(16-7-3-5-9-22-16)17-8-4-6-10-23-17/h3-13,20,25H,1-2H3. The minimum Gasteiger partial charge on any atom is -0.365 e. The van der Waals surface area contributed by atoms with Crippen LogP contribution in [0.25, 0.3) is 5.57 Å². The van der Waals surface area contributed by atoms with Crippen LogP contribution >= 0.6 is 0 Å². The number of allylic oxidation sites excluding steroid dienone is 1. The Morgan fingerprint density at radius 2 is 1.73 bits per heavy atom. The quantitative estimate of drug-likeness (QED) is 0.477. The number of pyridine rings is 3. The summed E-state index contributed by atoms with van der Waals surface area (Å²) < 4.78 is 0. The zero-order chi connectivity index (χ0) is 21.1. The molecule has 0 aliphatic carbocycles. The van der Waals surface area contributed by atoms with Crippen LogP contribution in [-0.2, 0) is 0 Å². The topological polar surface area (TPSA) is 119 Å². The van der Waals surface area contributed by atoms with Crippen molar-refractivity contribution in [1.29, 1.82) is 0 Å². The predicted octanol–water partition coefficient (Wildman–Crippen LogP) is 4.57. The number of anilines is 1. The first kappa shape index (κ1) is 19.3. The van der Waals surface area contributed by atoms with Gasteiger partial charge in [0.1, 0.15) is 17.9 Å². The zero-order valence-electron chi connectivity index (χ0n) is 16.4. The van der Waals surface area contributed by atoms with Gasteiger partial charge in [-0.15, -0.1) is 0 Å². The molecular weight excluding hydrogens is 382 g/mol. The van der Waals surface area contributed by atoms with Crippen molar-refractivity contribution in [2.45, 2.75) is 25.9 Å². The van der Waals surface area contributed by atoms with Crippen LogP contribution in [0, 0.1) is 10.1 Å². The van der Waals surface area contributed by atoms with E-state index in [2.05, 4.69) is 30.5 Å². The van der Waals surface area contributed by atoms with Crippen LogP contribution in [0.15, 0.2) is 77.0 Å². The van der Waals surface area contributed by atoms with E-state index in [0.29, 0.717) is 11.4 Å². The van der Waals surface area contributed by atoms with Crippen molar-refractivity contribution >= 4 is 17.1 Å². The van der Waals surface area contributed by atoms with Crippen LogP contribution in [0.5, 0.6) is 0 Å². The molecule has 0 fully saturated rings. The molecule has 0 saturated carbocycles. The fraction of sp³-hybridized carbons (Fsp3) is 0.190. The van der Waals surface area contributed by atoms with Crippen molar-refractivity contribution in [2.24, 2.45) is 10.2 Å². The van der Waals surface area contributed by atoms with Gasteiger partial charge in [-0.25, -0.2) is 0 Å². The van der Waals surface area contributed by atoms with Crippen molar-refractivity contribution in [1.82, 2.24) is 15.0 Å². The van der Waals surface area contributed by atoms with Crippen molar-refractivity contribution in [3.63, 3.8) is 0 Å². The summed E-state index contributed by atoms with van der Waals surface area (Å²) in [5.74, 6) is -0.270. The molecule has 3 aromatic rings. The highest BCUT2D eigenvalue weighted by Crippen LogP contribution is 2.35. The van der Waals surface area contributed by atoms with Crippen LogP contribution in [0.2, 0.25) is 0 Å². The molecule has 0 bridgehead atoms. The largest absolute Gasteiger partial charge is 0.386 e. The van der Waals surface area contributed by atoms with E-state index >= 15 is 0 Å². The van der Waals surface area contributed by atoms with Crippen LogP contribution in [0.4, 0.5) is 11.5 Å². The number of hydrogen-bond donors (Lipinski definition) is 1. The van der Waals surface area contributed by atoms with E-state index in [1.807, 2.05) is 50.2 Å². The van der Waals surface area contributed by atoms with E-state index in [9.17, 15) is 10.1 Å². The van der Waals surface area contributed by atoms with Gasteiger partial charge in [-0.2, -0.15) is 10.2 Å². The van der Waals surface area contributed by atoms with E-state index in [1.165, 1.54) is 6.20 Å². The SMILES string of the molecule is CC1=C(c2cnc([N+](=O)[O-])c(NC(c3ccccn3)c3ccccn3)c2)C(C)N=N1. The van der Waals surface area contributed by atoms with Gasteiger partial charge in [0.05, 0.1) is 23.1 Å². The molecule has 1 unspecified atom stereocenters. The normalized spacial score (nSPS) is 15.6. The van der Waals surface area contributed by atoms with Gasteiger partial charge in [-0.1, -0.05) is 12.1 Å². The molecule has 1 aliphatic heterocycles. The lowest BCUT2D eigenvalue weighted by Crippen LogP contribution is -2.16. The molecule has 1 aliphatic rings. The van der Waals surface area contributed by atoms with Gasteiger partial charge >= 0.3 is 5.82 Å². The molecule has 3 aromatic heterocycles. The Labute approximate surface area is 172 Å². The number of rotatable bonds is 6. The van der Waals surface area contributed by atoms with Gasteiger partial charge in [0.15, 0.2) is 0 Å². The number of nitrogens with one attached hydrogen (secondary N) is 1. The Morgan fingerprint density at radius 3 is 2.23 bits per heavy atom. The smallest absolute Gasteiger partial charge is 0.365 e. The molecule has 9 heteroatoms. The Kier molecular flexibility index (Phi) is 5.25. The Morgan fingerprint density at radius 1 is 1.07 bits per heavy atom. The van der Waals surface area contributed by atoms with Crippen LogP contribution in [0.1, 0.15) is 36.8 Å². The number of azo groups is 1. The van der Waals surface area contributed by atoms with Gasteiger partial charge in [0.2, 0.25) is 0 Å². The summed E-state index contributed by atoms with van der Waals surface area (Å²) in [6.45, 7) is 3.79. The lowest BCUT2D eigenvalue weighted by atomic mass is 10.00. The lowest BCUT2D eigenvalue weighted by molar-refractivity contribution is -0.388. The maximum atomic E-state index is 11.7. The fourth-order valence-corrected chi connectivity index (χ4v) is 3.44. The number of nitrogens with zero attached hydrogens (tertiary/aromatic N) is 6. The second-order valence-electron chi connectivity index (χ2n) is 6.83. The van der Waals surface area contributed by atoms with Crippen LogP contribution in [-0.4, -0.2) is 25.9 Å². The number of aromatic nitrogens is 3. The van der Waals surface area contributed by atoms with Gasteiger partial charge in [-0.05, 0) is 54.1 Å². The molecule has 9 nitrogen and oxygen atoms in total. The van der Waals surface area contributed by atoms with Crippen molar-refractivity contribution < 1.29 is 4.92 Å². The molecule has 0 amide bonds. The molecular formula is C21H19N7O2. The monoisotopic (exact) mass is 401 g/mol. The number of hydrogen-bond acceptors (Lipinski definition) is 8. The van der Waals surface area contributed by atoms with Gasteiger partial charge in [0.25, 0.3) is 0 Å². The van der Waals surface area contributed by atoms with Crippen molar-refractivity contribution in [2.75, 3.05) is 5.32 Å². The van der Waals surface area contributed by atoms with Gasteiger partial charge < -0.3 is 15.4 Å². The van der Waals surface area contributed by atoms with Gasteiger partial charge in [0, 0.05) is 23.5 Å². The Bertz CT molecular complexity index is 1090. The summed E-state index contributed by atoms with van der Waals surface area (Å²) in [6.07, 6.45) is 4.84. The second kappa shape index (κ2) is 8.16. The predicted molar refractivity (Wildman–Crippen MR) is 112 cm³/mol. The first-order valence-electron chi connectivity index (χ1n) is 9.39. The summed E-state index contributed by atoms with van der Waals surface area (Å²) in [6, 6.07) is 12.1. The summed E-state index contributed by atoms with van der Waals surface area (Å²) in [7, 11) is 0. The zero-order valence-corrected chi connectivity index (χ0v) is 16.4. The number of nitro groups is 1. The third kappa shape index (κ3) is 3.77. The highest BCUT2D eigenvalue weighted by Gasteiger charge is 2.26. The van der Waals surface area contributed by atoms with Crippen LogP contribution in [0.3, 0.4) is 0 Å². The third-order valence-corrected chi connectivity index (χ3v) is 4.81. The summed E-state index contributed by atoms with van der Waals surface area (Å²) in [5.41, 5.74) is 4.05. The maximum absolute atomic E-state index is 11.7. The molecule has 0 saturated heterocycles. The van der Waals surface area contributed by atoms with E-state index in [0.717, 1.165) is 16.8 Å². The lowest BCUT2D eigenvalue weighted by Gasteiger charge is -2.19. The van der Waals surface area contributed by atoms with Crippen molar-refractivity contribution in [3.05, 3.63) is 93.8 Å². The molecule has 0 aromatic carbocycles. The Balaban J connectivity index is 1.80. The summed E-state index contributed by atoms with van der Waals surface area (Å²) in [5, 5.41) is 23.2. The maximum Gasteiger partial charge on any atom is 0.386 e. The van der Waals surface area contributed by atoms with E-state index in [-0.39, 0.29) is 17.5 Å². The molecule has 150 valence electrons. The van der Waals surface area contributed by atoms with Crippen molar-refractivity contribution in [3.8, 4) is 0 Å². The first-order chi connectivity index (χ1) is 14.5. The molecule has 4 rings (SSSR count). The van der Waals surface area contributed by atoms with Crippen LogP contribution < -0.4 is 5.32 Å². The highest BCUT2D eigenvalue weighted by molar-refractivity contribution is 5.76. The molecule has 30 heavy (non-hydrogen) atoms. The molecule has 1 atom stereocenters. The van der Waals surface area contributed by atoms with E-state index in [1.54, 1.807) is 18.5 Å². The minimum atomic E-state index is -0.506. The average Bonchev–Trinajstić information content (AvgIpc) is 3.11. The molecule has 1 N–H and O–H groups in total. The molecule has 0 spiro atoms. The highest BCUT2D eigenvalue weighted by atomic mass is 16.6.